The van der Waals surface area contributed by atoms with Gasteiger partial charge in [0.1, 0.15) is 29.3 Å². The molecule has 11 nitrogen and oxygen atoms in total. The van der Waals surface area contributed by atoms with E-state index in [-0.39, 0.29) is 17.0 Å². The number of nitrogens with zero attached hydrogens (tertiary/aromatic N) is 3. The summed E-state index contributed by atoms with van der Waals surface area (Å²) >= 11 is 0. The van der Waals surface area contributed by atoms with Crippen LogP contribution in [0.4, 0.5) is 20.2 Å². The van der Waals surface area contributed by atoms with E-state index in [1.165, 1.54) is 42.8 Å². The molecule has 3 fully saturated rings. The molecule has 1 aliphatic heterocycles. The number of allylic oxidation sites excluding steroid dienone is 1. The third kappa shape index (κ3) is 17.1. The maximum atomic E-state index is 15.3. The fraction of sp³-hybridized carbons (Fsp3) is 0.480. The maximum Gasteiger partial charge on any atom is 0.240 e. The average molecular weight is 875 g/mol. The van der Waals surface area contributed by atoms with Gasteiger partial charge in [0.05, 0.1) is 11.1 Å². The second kappa shape index (κ2) is 27.7. The van der Waals surface area contributed by atoms with E-state index in [2.05, 4.69) is 69.8 Å². The molecule has 0 bridgehead atoms. The molecule has 2 aliphatic carbocycles. The van der Waals surface area contributed by atoms with Crippen molar-refractivity contribution in [3.05, 3.63) is 96.7 Å². The van der Waals surface area contributed by atoms with Crippen LogP contribution in [-0.4, -0.2) is 87.5 Å². The number of aryl methyl sites for hydroxylation is 1. The minimum absolute atomic E-state index is 0.0238. The highest BCUT2D eigenvalue weighted by atomic mass is 19.1. The van der Waals surface area contributed by atoms with Crippen molar-refractivity contribution in [1.29, 1.82) is 0 Å². The van der Waals surface area contributed by atoms with Crippen molar-refractivity contribution in [3.8, 4) is 17.2 Å². The lowest BCUT2D eigenvalue weighted by Gasteiger charge is -2.32. The smallest absolute Gasteiger partial charge is 0.240 e. The number of benzene rings is 3. The first-order valence-electron chi connectivity index (χ1n) is 22.0. The quantitative estimate of drug-likeness (QED) is 0.0730. The monoisotopic (exact) mass is 875 g/mol. The largest absolute Gasteiger partial charge is 0.491 e. The number of fused-ring (bicyclic) bond motifs is 1. The summed E-state index contributed by atoms with van der Waals surface area (Å²) in [5, 5.41) is 9.90. The van der Waals surface area contributed by atoms with Crippen LogP contribution in [0.1, 0.15) is 92.1 Å². The number of anilines is 2. The van der Waals surface area contributed by atoms with Crippen LogP contribution in [0.25, 0.3) is 10.9 Å². The zero-order chi connectivity index (χ0) is 47.0. The number of likely N-dealkylation sites (tertiary alicyclic amines) is 1. The number of carbonyl (C=O) groups excluding carboxylic acids is 2. The molecule has 7 rings (SSSR count). The van der Waals surface area contributed by atoms with Crippen molar-refractivity contribution in [2.45, 2.75) is 105 Å². The Bertz CT molecular complexity index is 2000. The molecule has 2 saturated carbocycles. The number of aromatic nitrogens is 1. The second-order valence-corrected chi connectivity index (χ2v) is 15.5. The molecule has 3 aliphatic rings. The Hall–Kier alpha value is -5.24. The van der Waals surface area contributed by atoms with Gasteiger partial charge in [-0.15, -0.1) is 6.58 Å². The standard InChI is InChI=1S/C37H39F2N5O4.C3H8O.C3H8.C3H6.C2H5N.C2H6/c1-23-19-28-30(21-33(23)47-22-36(12-13-36)43-26-10-17-44(2)18-11-26)40-16-9-31(28)48-32-8-7-27(20-29(32)39)42-35(46)37(14-15-37)34(45)41-25-5-3-24(38)4-6-25;1-3-4-2;3*1-3-2;1-2/h3-9,16,19-21,26,43H,10-15,17-18,22H2,1-2H3,(H,41,45)(H,42,46);3H2,1-2H3;3H2,1-2H3;3H,1H2,2H3;1H2,2H3;1-2H3. The van der Waals surface area contributed by atoms with E-state index in [1.807, 2.05) is 46.8 Å². The Morgan fingerprint density at radius 1 is 0.905 bits per heavy atom. The van der Waals surface area contributed by atoms with E-state index in [0.717, 1.165) is 62.8 Å². The number of amides is 2. The Kier molecular flexibility index (Phi) is 23.7. The van der Waals surface area contributed by atoms with Gasteiger partial charge in [0, 0.05) is 61.9 Å². The number of piperidine rings is 1. The molecule has 0 spiro atoms. The SMILES string of the molecule is C=CC.C=NC.CC.CCC.CCOC.Cc1cc2c(Oc3ccc(NC(=O)C4(C(=O)Nc5ccc(F)cc5)CC4)cc3F)ccnc2cc1OCC1(NC2CCN(C)CC2)CC1. The number of aliphatic imine (C=N–C) groups is 1. The first-order chi connectivity index (χ1) is 30.3. The third-order valence-electron chi connectivity index (χ3n) is 10.0. The topological polar surface area (TPSA) is 126 Å². The van der Waals surface area contributed by atoms with Gasteiger partial charge < -0.3 is 40.1 Å². The summed E-state index contributed by atoms with van der Waals surface area (Å²) in [6.45, 7) is 24.2. The van der Waals surface area contributed by atoms with Gasteiger partial charge in [0.2, 0.25) is 11.8 Å². The zero-order valence-electron chi connectivity index (χ0n) is 39.3. The maximum absolute atomic E-state index is 15.3. The van der Waals surface area contributed by atoms with Gasteiger partial charge in [0.25, 0.3) is 0 Å². The lowest BCUT2D eigenvalue weighted by Crippen LogP contribution is -2.48. The minimum Gasteiger partial charge on any atom is -0.491 e. The van der Waals surface area contributed by atoms with Crippen LogP contribution < -0.4 is 25.4 Å². The van der Waals surface area contributed by atoms with E-state index in [9.17, 15) is 14.0 Å². The zero-order valence-corrected chi connectivity index (χ0v) is 39.3. The first kappa shape index (κ1) is 53.9. The number of nitrogens with one attached hydrogen (secondary N) is 3. The van der Waals surface area contributed by atoms with Crippen molar-refractivity contribution in [2.24, 2.45) is 10.4 Å². The number of halogens is 2. The summed E-state index contributed by atoms with van der Waals surface area (Å²) < 4.78 is 45.4. The molecule has 3 aromatic carbocycles. The van der Waals surface area contributed by atoms with Gasteiger partial charge in [-0.3, -0.25) is 14.6 Å². The lowest BCUT2D eigenvalue weighted by atomic mass is 10.0. The summed E-state index contributed by atoms with van der Waals surface area (Å²) in [4.78, 5) is 36.1. The first-order valence-corrected chi connectivity index (χ1v) is 22.0. The number of rotatable bonds is 12. The molecule has 13 heteroatoms. The molecule has 2 heterocycles. The predicted octanol–water partition coefficient (Wildman–Crippen LogP) is 11.2. The van der Waals surface area contributed by atoms with Gasteiger partial charge in [-0.05, 0) is 140 Å². The molecule has 1 saturated heterocycles. The Morgan fingerprint density at radius 3 is 1.95 bits per heavy atom. The Labute approximate surface area is 375 Å². The van der Waals surface area contributed by atoms with Crippen molar-refractivity contribution < 1.29 is 32.6 Å². The van der Waals surface area contributed by atoms with Crippen LogP contribution in [0.15, 0.2) is 84.5 Å². The molecule has 0 radical (unpaired) electrons. The summed E-state index contributed by atoms with van der Waals surface area (Å²) in [7, 11) is 5.49. The van der Waals surface area contributed by atoms with E-state index < -0.39 is 28.9 Å². The molecule has 63 heavy (non-hydrogen) atoms. The van der Waals surface area contributed by atoms with Gasteiger partial charge in [-0.1, -0.05) is 40.2 Å². The predicted molar refractivity (Wildman–Crippen MR) is 256 cm³/mol. The number of ether oxygens (including phenoxy) is 3. The van der Waals surface area contributed by atoms with Crippen LogP contribution >= 0.6 is 0 Å². The number of hydrogen-bond acceptors (Lipinski definition) is 9. The highest BCUT2D eigenvalue weighted by Crippen LogP contribution is 2.48. The number of methoxy groups -OCH3 is 1. The summed E-state index contributed by atoms with van der Waals surface area (Å²) in [5.74, 6) is -0.963. The molecule has 0 atom stereocenters. The van der Waals surface area contributed by atoms with Gasteiger partial charge in [-0.25, -0.2) is 8.78 Å². The molecule has 4 aromatic rings. The van der Waals surface area contributed by atoms with Crippen LogP contribution in [-0.2, 0) is 14.3 Å². The average Bonchev–Trinajstić information content (AvgIpc) is 4.22. The molecular formula is C50H72F2N6O5. The van der Waals surface area contributed by atoms with E-state index >= 15 is 4.39 Å². The highest BCUT2D eigenvalue weighted by molar-refractivity contribution is 6.16. The summed E-state index contributed by atoms with van der Waals surface area (Å²) in [6.07, 6.45) is 9.82. The van der Waals surface area contributed by atoms with E-state index in [0.29, 0.717) is 47.8 Å². The Morgan fingerprint density at radius 2 is 1.44 bits per heavy atom. The fourth-order valence-corrected chi connectivity index (χ4v) is 6.28. The highest BCUT2D eigenvalue weighted by Gasteiger charge is 2.56. The fourth-order valence-electron chi connectivity index (χ4n) is 6.28. The van der Waals surface area contributed by atoms with Gasteiger partial charge in [-0.2, -0.15) is 0 Å². The van der Waals surface area contributed by atoms with Crippen LogP contribution in [0.2, 0.25) is 0 Å². The molecule has 3 N–H and O–H groups in total. The molecule has 0 unspecified atom stereocenters. The normalized spacial score (nSPS) is 15.2. The van der Waals surface area contributed by atoms with Crippen molar-refractivity contribution in [3.63, 3.8) is 0 Å². The van der Waals surface area contributed by atoms with E-state index in [1.54, 1.807) is 32.5 Å². The number of pyridine rings is 1. The van der Waals surface area contributed by atoms with Crippen LogP contribution in [0.3, 0.4) is 0 Å². The van der Waals surface area contributed by atoms with Crippen LogP contribution in [0, 0.1) is 24.0 Å². The van der Waals surface area contributed by atoms with Crippen molar-refractivity contribution in [2.75, 3.05) is 58.1 Å². The van der Waals surface area contributed by atoms with Crippen molar-refractivity contribution in [1.82, 2.24) is 15.2 Å². The van der Waals surface area contributed by atoms with Crippen LogP contribution in [0.5, 0.6) is 17.2 Å². The second-order valence-electron chi connectivity index (χ2n) is 15.5. The lowest BCUT2D eigenvalue weighted by molar-refractivity contribution is -0.131. The molecular weight excluding hydrogens is 803 g/mol. The number of carbonyl (C=O) groups is 2. The molecule has 1 aromatic heterocycles. The Balaban J connectivity index is 0.000000804. The molecule has 346 valence electrons. The minimum atomic E-state index is -1.27. The number of hydrogen-bond donors (Lipinski definition) is 3. The summed E-state index contributed by atoms with van der Waals surface area (Å²) in [6, 6.07) is 15.5. The van der Waals surface area contributed by atoms with E-state index in [4.69, 9.17) is 9.47 Å². The third-order valence-corrected chi connectivity index (χ3v) is 10.0. The molecule has 2 amide bonds. The van der Waals surface area contributed by atoms with Gasteiger partial charge in [0.15, 0.2) is 11.6 Å². The van der Waals surface area contributed by atoms with Crippen molar-refractivity contribution >= 4 is 40.8 Å². The van der Waals surface area contributed by atoms with Gasteiger partial charge >= 0.3 is 0 Å². The summed E-state index contributed by atoms with van der Waals surface area (Å²) in [5.41, 5.74) is 0.933.